The van der Waals surface area contributed by atoms with Crippen molar-refractivity contribution < 1.29 is 26.4 Å². The van der Waals surface area contributed by atoms with Crippen molar-refractivity contribution in [1.82, 2.24) is 0 Å². The van der Waals surface area contributed by atoms with E-state index in [1.165, 1.54) is 43.3 Å². The molecule has 10 nitrogen and oxygen atoms in total. The maximum absolute atomic E-state index is 11.3. The molecule has 0 bridgehead atoms. The zero-order chi connectivity index (χ0) is 24.7. The summed E-state index contributed by atoms with van der Waals surface area (Å²) in [6.45, 7) is 9.99. The summed E-state index contributed by atoms with van der Waals surface area (Å²) in [6.07, 6.45) is 0. The van der Waals surface area contributed by atoms with Crippen LogP contribution >= 0.6 is 0 Å². The van der Waals surface area contributed by atoms with Crippen LogP contribution in [0.3, 0.4) is 0 Å². The molecule has 2 amide bonds. The third-order valence-corrected chi connectivity index (χ3v) is 5.52. The number of rotatable bonds is 6. The molecular weight excluding hydrogens is 456 g/mol. The lowest BCUT2D eigenvalue weighted by molar-refractivity contribution is -0.113. The molecule has 12 heteroatoms. The van der Waals surface area contributed by atoms with Crippen molar-refractivity contribution >= 4 is 43.2 Å². The number of carbonyl (C=O) groups is 2. The molecule has 0 aliphatic rings. The van der Waals surface area contributed by atoms with Gasteiger partial charge in [-0.3, -0.25) is 9.59 Å². The van der Waals surface area contributed by atoms with Crippen LogP contribution in [-0.2, 0) is 29.6 Å². The molecule has 2 rings (SSSR count). The maximum atomic E-state index is 11.3. The van der Waals surface area contributed by atoms with Crippen LogP contribution in [0.25, 0.3) is 0 Å². The number of hydrogen-bond donors (Lipinski definition) is 4. The Labute approximate surface area is 187 Å². The van der Waals surface area contributed by atoms with Gasteiger partial charge in [0.15, 0.2) is 0 Å². The van der Waals surface area contributed by atoms with Crippen molar-refractivity contribution in [1.29, 1.82) is 0 Å². The topological polar surface area (TPSA) is 179 Å². The second kappa shape index (κ2) is 10.8. The van der Waals surface area contributed by atoms with E-state index in [-0.39, 0.29) is 27.0 Å². The molecule has 0 heterocycles. The van der Waals surface area contributed by atoms with Crippen molar-refractivity contribution in [3.63, 3.8) is 0 Å². The van der Waals surface area contributed by atoms with E-state index in [0.29, 0.717) is 11.3 Å². The second-order valence-corrected chi connectivity index (χ2v) is 9.67. The van der Waals surface area contributed by atoms with E-state index in [2.05, 4.69) is 23.8 Å². The van der Waals surface area contributed by atoms with Gasteiger partial charge in [0.2, 0.25) is 20.0 Å². The number of benzene rings is 2. The SMILES string of the molecule is C=C(C)C(=O)Nc1cccc(S(N)(=O)=O)c1.C=C(C)C(=O)Nc1ccccc1S(N)(=O)=O. The fourth-order valence-corrected chi connectivity index (χ4v) is 3.29. The van der Waals surface area contributed by atoms with E-state index in [1.54, 1.807) is 19.1 Å². The number of nitrogens with two attached hydrogens (primary N) is 2. The molecule has 0 saturated carbocycles. The van der Waals surface area contributed by atoms with Crippen molar-refractivity contribution in [3.8, 4) is 0 Å². The summed E-state index contributed by atoms with van der Waals surface area (Å²) in [5, 5.41) is 14.9. The summed E-state index contributed by atoms with van der Waals surface area (Å²) >= 11 is 0. The van der Waals surface area contributed by atoms with Gasteiger partial charge in [-0.05, 0) is 44.2 Å². The summed E-state index contributed by atoms with van der Waals surface area (Å²) in [5.41, 5.74) is 1.13. The third-order valence-electron chi connectivity index (χ3n) is 3.64. The van der Waals surface area contributed by atoms with Gasteiger partial charge in [-0.2, -0.15) is 0 Å². The minimum absolute atomic E-state index is 0.0491. The number of sulfonamides is 2. The lowest BCUT2D eigenvalue weighted by atomic mass is 10.3. The van der Waals surface area contributed by atoms with E-state index in [1.807, 2.05) is 0 Å². The average molecular weight is 481 g/mol. The lowest BCUT2D eigenvalue weighted by Gasteiger charge is -2.08. The van der Waals surface area contributed by atoms with Crippen molar-refractivity contribution in [3.05, 3.63) is 72.8 Å². The molecule has 0 saturated heterocycles. The molecule has 0 aliphatic heterocycles. The van der Waals surface area contributed by atoms with Crippen LogP contribution in [0, 0.1) is 0 Å². The molecule has 2 aromatic rings. The first kappa shape index (κ1) is 26.7. The predicted molar refractivity (Wildman–Crippen MR) is 123 cm³/mol. The number of anilines is 2. The van der Waals surface area contributed by atoms with Crippen LogP contribution in [0.15, 0.2) is 82.6 Å². The van der Waals surface area contributed by atoms with E-state index < -0.39 is 26.0 Å². The third kappa shape index (κ3) is 8.43. The highest BCUT2D eigenvalue weighted by atomic mass is 32.2. The van der Waals surface area contributed by atoms with Gasteiger partial charge in [-0.1, -0.05) is 31.4 Å². The first-order valence-electron chi connectivity index (χ1n) is 8.81. The first-order valence-corrected chi connectivity index (χ1v) is 11.9. The Balaban J connectivity index is 0.000000320. The Bertz CT molecular complexity index is 1270. The molecule has 0 fully saturated rings. The number of carbonyl (C=O) groups excluding carboxylic acids is 2. The lowest BCUT2D eigenvalue weighted by Crippen LogP contribution is -2.18. The zero-order valence-corrected chi connectivity index (χ0v) is 19.1. The van der Waals surface area contributed by atoms with Crippen LogP contribution < -0.4 is 20.9 Å². The van der Waals surface area contributed by atoms with E-state index in [4.69, 9.17) is 10.3 Å². The standard InChI is InChI=1S/2C10H12N2O3S/c1-7(2)10(13)12-8-4-3-5-9(6-8)16(11,14)15;1-7(2)10(13)12-8-5-3-4-6-9(8)16(11,14)15/h2*3-6H,1H2,2H3,(H,12,13)(H2,11,14,15). The number of primary sulfonamides is 2. The van der Waals surface area contributed by atoms with Gasteiger partial charge in [0.25, 0.3) is 11.8 Å². The Kier molecular flexibility index (Phi) is 9.03. The van der Waals surface area contributed by atoms with Gasteiger partial charge < -0.3 is 10.6 Å². The summed E-state index contributed by atoms with van der Waals surface area (Å²) < 4.78 is 44.5. The molecule has 6 N–H and O–H groups in total. The number of amides is 2. The highest BCUT2D eigenvalue weighted by Gasteiger charge is 2.15. The van der Waals surface area contributed by atoms with E-state index >= 15 is 0 Å². The van der Waals surface area contributed by atoms with Crippen LogP contribution in [0.2, 0.25) is 0 Å². The average Bonchev–Trinajstić information content (AvgIpc) is 2.67. The fourth-order valence-electron chi connectivity index (χ4n) is 2.04. The van der Waals surface area contributed by atoms with Crippen molar-refractivity contribution in [2.45, 2.75) is 23.6 Å². The molecule has 32 heavy (non-hydrogen) atoms. The van der Waals surface area contributed by atoms with Crippen molar-refractivity contribution in [2.24, 2.45) is 10.3 Å². The van der Waals surface area contributed by atoms with Crippen LogP contribution in [-0.4, -0.2) is 28.6 Å². The predicted octanol–water partition coefficient (Wildman–Crippen LogP) is 1.70. The monoisotopic (exact) mass is 480 g/mol. The largest absolute Gasteiger partial charge is 0.322 e. The van der Waals surface area contributed by atoms with Crippen LogP contribution in [0.4, 0.5) is 11.4 Å². The quantitative estimate of drug-likeness (QED) is 0.457. The number of para-hydroxylation sites is 1. The Morgan fingerprint density at radius 1 is 0.781 bits per heavy atom. The number of hydrogen-bond acceptors (Lipinski definition) is 6. The molecule has 0 radical (unpaired) electrons. The van der Waals surface area contributed by atoms with Gasteiger partial charge in [-0.15, -0.1) is 0 Å². The van der Waals surface area contributed by atoms with Gasteiger partial charge in [-0.25, -0.2) is 27.1 Å². The summed E-state index contributed by atoms with van der Waals surface area (Å²) in [5.74, 6) is -0.817. The second-order valence-electron chi connectivity index (χ2n) is 6.58. The van der Waals surface area contributed by atoms with Gasteiger partial charge in [0, 0.05) is 16.8 Å². The zero-order valence-electron chi connectivity index (χ0n) is 17.5. The Morgan fingerprint density at radius 2 is 1.31 bits per heavy atom. The maximum Gasteiger partial charge on any atom is 0.250 e. The normalized spacial score (nSPS) is 10.9. The van der Waals surface area contributed by atoms with E-state index in [9.17, 15) is 26.4 Å². The van der Waals surface area contributed by atoms with Crippen LogP contribution in [0.5, 0.6) is 0 Å². The van der Waals surface area contributed by atoms with E-state index in [0.717, 1.165) is 0 Å². The molecule has 2 aromatic carbocycles. The molecule has 0 unspecified atom stereocenters. The highest BCUT2D eigenvalue weighted by Crippen LogP contribution is 2.19. The summed E-state index contributed by atoms with van der Waals surface area (Å²) in [4.78, 5) is 22.5. The molecule has 0 spiro atoms. The molecular formula is C20H24N4O6S2. The minimum atomic E-state index is -3.85. The Hall–Kier alpha value is -3.32. The highest BCUT2D eigenvalue weighted by molar-refractivity contribution is 7.89. The van der Waals surface area contributed by atoms with Gasteiger partial charge in [0.1, 0.15) is 4.90 Å². The molecule has 0 aromatic heterocycles. The summed E-state index contributed by atoms with van der Waals surface area (Å²) in [7, 11) is -7.60. The van der Waals surface area contributed by atoms with Crippen molar-refractivity contribution in [2.75, 3.05) is 10.6 Å². The van der Waals surface area contributed by atoms with Gasteiger partial charge in [0.05, 0.1) is 10.6 Å². The molecule has 172 valence electrons. The Morgan fingerprint density at radius 3 is 1.81 bits per heavy atom. The first-order chi connectivity index (χ1) is 14.6. The minimum Gasteiger partial charge on any atom is -0.322 e. The number of nitrogens with one attached hydrogen (secondary N) is 2. The summed E-state index contributed by atoms with van der Waals surface area (Å²) in [6, 6.07) is 11.6. The molecule has 0 aliphatic carbocycles. The smallest absolute Gasteiger partial charge is 0.250 e. The van der Waals surface area contributed by atoms with Crippen LogP contribution in [0.1, 0.15) is 13.8 Å². The molecule has 0 atom stereocenters. The fraction of sp³-hybridized carbons (Fsp3) is 0.100. The van der Waals surface area contributed by atoms with Gasteiger partial charge >= 0.3 is 0 Å².